The average Bonchev–Trinajstić information content (AvgIpc) is 3.30. The number of carbonyl (C=O) groups excluding carboxylic acids is 1. The van der Waals surface area contributed by atoms with Gasteiger partial charge in [-0.2, -0.15) is 0 Å². The SMILES string of the molecule is CCOc1ccc(-c2cnc(-c3ccccc3C(=O)Nc3cc(Cl)ccc3OC)o2)cc1. The molecule has 0 aliphatic carbocycles. The minimum Gasteiger partial charge on any atom is -0.495 e. The fourth-order valence-electron chi connectivity index (χ4n) is 3.25. The largest absolute Gasteiger partial charge is 0.495 e. The van der Waals surface area contributed by atoms with Crippen LogP contribution in [0.4, 0.5) is 5.69 Å². The fraction of sp³-hybridized carbons (Fsp3) is 0.120. The Labute approximate surface area is 190 Å². The van der Waals surface area contributed by atoms with E-state index in [1.165, 1.54) is 7.11 Å². The van der Waals surface area contributed by atoms with E-state index in [-0.39, 0.29) is 5.91 Å². The lowest BCUT2D eigenvalue weighted by Gasteiger charge is -2.12. The van der Waals surface area contributed by atoms with Gasteiger partial charge in [0.15, 0.2) is 5.76 Å². The number of oxazole rings is 1. The number of carbonyl (C=O) groups is 1. The van der Waals surface area contributed by atoms with Crippen molar-refractivity contribution in [3.8, 4) is 34.3 Å². The first kappa shape index (κ1) is 21.5. The molecule has 0 atom stereocenters. The highest BCUT2D eigenvalue weighted by Crippen LogP contribution is 2.31. The number of amides is 1. The summed E-state index contributed by atoms with van der Waals surface area (Å²) in [7, 11) is 1.53. The van der Waals surface area contributed by atoms with Crippen molar-refractivity contribution >= 4 is 23.2 Å². The highest BCUT2D eigenvalue weighted by Gasteiger charge is 2.18. The number of anilines is 1. The first-order chi connectivity index (χ1) is 15.6. The summed E-state index contributed by atoms with van der Waals surface area (Å²) in [6.45, 7) is 2.54. The molecule has 4 rings (SSSR count). The van der Waals surface area contributed by atoms with Crippen molar-refractivity contribution in [2.24, 2.45) is 0 Å². The third-order valence-electron chi connectivity index (χ3n) is 4.77. The van der Waals surface area contributed by atoms with Crippen molar-refractivity contribution in [1.82, 2.24) is 4.98 Å². The molecule has 4 aromatic rings. The predicted molar refractivity (Wildman–Crippen MR) is 125 cm³/mol. The van der Waals surface area contributed by atoms with Crippen LogP contribution in [0, 0.1) is 0 Å². The predicted octanol–water partition coefficient (Wildman–Crippen LogP) is 6.32. The van der Waals surface area contributed by atoms with Crippen molar-refractivity contribution in [2.75, 3.05) is 19.0 Å². The van der Waals surface area contributed by atoms with Gasteiger partial charge in [0.1, 0.15) is 11.5 Å². The van der Waals surface area contributed by atoms with Crippen LogP contribution in [0.15, 0.2) is 77.3 Å². The molecule has 0 spiro atoms. The van der Waals surface area contributed by atoms with Gasteiger partial charge in [0.05, 0.1) is 31.2 Å². The molecule has 0 fully saturated rings. The van der Waals surface area contributed by atoms with Gasteiger partial charge in [-0.3, -0.25) is 4.79 Å². The van der Waals surface area contributed by atoms with Gasteiger partial charge in [0, 0.05) is 16.1 Å². The monoisotopic (exact) mass is 448 g/mol. The van der Waals surface area contributed by atoms with Crippen LogP contribution in [-0.4, -0.2) is 24.6 Å². The highest BCUT2D eigenvalue weighted by molar-refractivity contribution is 6.31. The van der Waals surface area contributed by atoms with Crippen molar-refractivity contribution in [3.63, 3.8) is 0 Å². The standard InChI is InChI=1S/C25H21ClN2O4/c1-3-31-18-11-8-16(9-12-18)23-15-27-25(32-23)20-7-5-4-6-19(20)24(29)28-21-14-17(26)10-13-22(21)30-2/h4-15H,3H2,1-2H3,(H,28,29). The van der Waals surface area contributed by atoms with E-state index in [9.17, 15) is 4.79 Å². The van der Waals surface area contributed by atoms with Gasteiger partial charge in [-0.15, -0.1) is 0 Å². The number of rotatable bonds is 7. The summed E-state index contributed by atoms with van der Waals surface area (Å²) < 4.78 is 16.8. The molecule has 0 aliphatic rings. The van der Waals surface area contributed by atoms with Crippen molar-refractivity contribution in [3.05, 3.63) is 83.5 Å². The van der Waals surface area contributed by atoms with Crippen LogP contribution < -0.4 is 14.8 Å². The Balaban J connectivity index is 1.62. The molecule has 1 heterocycles. The number of aromatic nitrogens is 1. The van der Waals surface area contributed by atoms with Crippen LogP contribution in [0.5, 0.6) is 11.5 Å². The summed E-state index contributed by atoms with van der Waals surface area (Å²) in [5.41, 5.74) is 2.32. The molecule has 32 heavy (non-hydrogen) atoms. The molecule has 0 saturated heterocycles. The molecule has 0 radical (unpaired) electrons. The first-order valence-electron chi connectivity index (χ1n) is 10.0. The molecule has 0 unspecified atom stereocenters. The zero-order chi connectivity index (χ0) is 22.5. The zero-order valence-corrected chi connectivity index (χ0v) is 18.3. The van der Waals surface area contributed by atoms with Crippen LogP contribution in [0.1, 0.15) is 17.3 Å². The molecule has 1 amide bonds. The summed E-state index contributed by atoms with van der Waals surface area (Å²) in [4.78, 5) is 17.5. The van der Waals surface area contributed by atoms with E-state index in [4.69, 9.17) is 25.5 Å². The minimum atomic E-state index is -0.331. The lowest BCUT2D eigenvalue weighted by atomic mass is 10.1. The Morgan fingerprint density at radius 2 is 1.88 bits per heavy atom. The quantitative estimate of drug-likeness (QED) is 0.358. The summed E-state index contributed by atoms with van der Waals surface area (Å²) in [6.07, 6.45) is 1.64. The van der Waals surface area contributed by atoms with Gasteiger partial charge in [0.2, 0.25) is 5.89 Å². The number of benzene rings is 3. The Morgan fingerprint density at radius 3 is 2.62 bits per heavy atom. The van der Waals surface area contributed by atoms with Crippen LogP contribution in [0.2, 0.25) is 5.02 Å². The lowest BCUT2D eigenvalue weighted by Crippen LogP contribution is -2.14. The van der Waals surface area contributed by atoms with Crippen LogP contribution >= 0.6 is 11.6 Å². The van der Waals surface area contributed by atoms with Crippen molar-refractivity contribution in [1.29, 1.82) is 0 Å². The van der Waals surface area contributed by atoms with Gasteiger partial charge in [-0.1, -0.05) is 23.7 Å². The van der Waals surface area contributed by atoms with Gasteiger partial charge >= 0.3 is 0 Å². The third-order valence-corrected chi connectivity index (χ3v) is 5.00. The maximum atomic E-state index is 13.1. The van der Waals surface area contributed by atoms with Gasteiger partial charge in [0.25, 0.3) is 5.91 Å². The second kappa shape index (κ2) is 9.58. The Bertz CT molecular complexity index is 1230. The van der Waals surface area contributed by atoms with Gasteiger partial charge < -0.3 is 19.2 Å². The number of hydrogen-bond donors (Lipinski definition) is 1. The van der Waals surface area contributed by atoms with Crippen LogP contribution in [0.3, 0.4) is 0 Å². The number of nitrogens with one attached hydrogen (secondary N) is 1. The molecule has 162 valence electrons. The lowest BCUT2D eigenvalue weighted by molar-refractivity contribution is 0.102. The normalized spacial score (nSPS) is 10.6. The second-order valence-corrected chi connectivity index (χ2v) is 7.27. The maximum Gasteiger partial charge on any atom is 0.256 e. The number of methoxy groups -OCH3 is 1. The summed E-state index contributed by atoms with van der Waals surface area (Å²) in [5.74, 6) is 1.90. The van der Waals surface area contributed by atoms with Crippen LogP contribution in [-0.2, 0) is 0 Å². The molecule has 0 aliphatic heterocycles. The molecule has 0 saturated carbocycles. The van der Waals surface area contributed by atoms with Crippen LogP contribution in [0.25, 0.3) is 22.8 Å². The van der Waals surface area contributed by atoms with Crippen molar-refractivity contribution in [2.45, 2.75) is 6.92 Å². The number of ether oxygens (including phenoxy) is 2. The Kier molecular flexibility index (Phi) is 6.42. The topological polar surface area (TPSA) is 73.6 Å². The van der Waals surface area contributed by atoms with E-state index in [1.54, 1.807) is 42.6 Å². The van der Waals surface area contributed by atoms with Gasteiger partial charge in [-0.25, -0.2) is 4.98 Å². The van der Waals surface area contributed by atoms with E-state index in [0.717, 1.165) is 11.3 Å². The van der Waals surface area contributed by atoms with E-state index in [0.29, 0.717) is 45.8 Å². The van der Waals surface area contributed by atoms with E-state index in [1.807, 2.05) is 37.3 Å². The Hall–Kier alpha value is -3.77. The maximum absolute atomic E-state index is 13.1. The molecule has 7 heteroatoms. The second-order valence-electron chi connectivity index (χ2n) is 6.83. The molecular formula is C25H21ClN2O4. The molecule has 3 aromatic carbocycles. The summed E-state index contributed by atoms with van der Waals surface area (Å²) in [5, 5.41) is 3.34. The average molecular weight is 449 g/mol. The minimum absolute atomic E-state index is 0.331. The number of halogens is 1. The summed E-state index contributed by atoms with van der Waals surface area (Å²) in [6, 6.07) is 19.7. The molecule has 1 aromatic heterocycles. The number of nitrogens with zero attached hydrogens (tertiary/aromatic N) is 1. The molecule has 1 N–H and O–H groups in total. The van der Waals surface area contributed by atoms with E-state index in [2.05, 4.69) is 10.3 Å². The third kappa shape index (κ3) is 4.60. The number of hydrogen-bond acceptors (Lipinski definition) is 5. The highest BCUT2D eigenvalue weighted by atomic mass is 35.5. The van der Waals surface area contributed by atoms with E-state index < -0.39 is 0 Å². The van der Waals surface area contributed by atoms with Crippen molar-refractivity contribution < 1.29 is 18.7 Å². The van der Waals surface area contributed by atoms with E-state index >= 15 is 0 Å². The zero-order valence-electron chi connectivity index (χ0n) is 17.6. The first-order valence-corrected chi connectivity index (χ1v) is 10.4. The molecule has 6 nitrogen and oxygen atoms in total. The molecule has 0 bridgehead atoms. The Morgan fingerprint density at radius 1 is 1.09 bits per heavy atom. The smallest absolute Gasteiger partial charge is 0.256 e. The molecular weight excluding hydrogens is 428 g/mol. The fourth-order valence-corrected chi connectivity index (χ4v) is 3.42. The van der Waals surface area contributed by atoms with Gasteiger partial charge in [-0.05, 0) is 61.5 Å². The summed E-state index contributed by atoms with van der Waals surface area (Å²) >= 11 is 6.08.